The first-order chi connectivity index (χ1) is 10.3. The van der Waals surface area contributed by atoms with Crippen molar-refractivity contribution >= 4 is 23.3 Å². The molecule has 0 aromatic heterocycles. The van der Waals surface area contributed by atoms with Crippen molar-refractivity contribution in [2.75, 3.05) is 13.7 Å². The third kappa shape index (κ3) is 2.63. The van der Waals surface area contributed by atoms with Crippen LogP contribution in [-0.2, 0) is 9.53 Å². The van der Waals surface area contributed by atoms with Crippen molar-refractivity contribution in [2.45, 2.75) is 32.9 Å². The summed E-state index contributed by atoms with van der Waals surface area (Å²) in [5.41, 5.74) is 0.107. The van der Waals surface area contributed by atoms with E-state index in [1.54, 1.807) is 19.1 Å². The van der Waals surface area contributed by atoms with Crippen LogP contribution in [0.2, 0.25) is 0 Å². The highest BCUT2D eigenvalue weighted by atomic mass is 32.1. The highest BCUT2D eigenvalue weighted by Gasteiger charge is 2.53. The Hall–Kier alpha value is -1.82. The van der Waals surface area contributed by atoms with Crippen LogP contribution in [0.15, 0.2) is 24.3 Å². The summed E-state index contributed by atoms with van der Waals surface area (Å²) in [6.45, 7) is 5.95. The molecule has 1 aromatic carbocycles. The van der Waals surface area contributed by atoms with Crippen LogP contribution in [0, 0.1) is 5.41 Å². The van der Waals surface area contributed by atoms with E-state index in [1.165, 1.54) is 0 Å². The predicted octanol–water partition coefficient (Wildman–Crippen LogP) is 2.21. The maximum absolute atomic E-state index is 12.7. The molecule has 1 fully saturated rings. The van der Waals surface area contributed by atoms with E-state index in [9.17, 15) is 9.90 Å². The molecule has 120 valence electrons. The first-order valence-electron chi connectivity index (χ1n) is 7.31. The summed E-state index contributed by atoms with van der Waals surface area (Å²) in [6, 6.07) is 6.42. The van der Waals surface area contributed by atoms with E-state index in [4.69, 9.17) is 17.0 Å². The monoisotopic (exact) mass is 322 g/mol. The number of phenols is 1. The van der Waals surface area contributed by atoms with Crippen LogP contribution >= 0.6 is 12.2 Å². The molecule has 1 heterocycles. The van der Waals surface area contributed by atoms with E-state index < -0.39 is 5.41 Å². The smallest absolute Gasteiger partial charge is 0.316 e. The second-order valence-corrected chi connectivity index (χ2v) is 6.17. The summed E-state index contributed by atoms with van der Waals surface area (Å²) in [7, 11) is 1.86. The normalized spacial score (nSPS) is 28.2. The molecule has 3 atom stereocenters. The Bertz CT molecular complexity index is 575. The number of carbonyl (C=O) groups excluding carboxylic acids is 1. The van der Waals surface area contributed by atoms with Gasteiger partial charge in [-0.3, -0.25) is 4.79 Å². The van der Waals surface area contributed by atoms with Gasteiger partial charge in [0.15, 0.2) is 5.11 Å². The molecule has 0 radical (unpaired) electrons. The van der Waals surface area contributed by atoms with Crippen molar-refractivity contribution in [1.82, 2.24) is 10.2 Å². The summed E-state index contributed by atoms with van der Waals surface area (Å²) in [4.78, 5) is 14.5. The Morgan fingerprint density at radius 2 is 2.05 bits per heavy atom. The first-order valence-corrected chi connectivity index (χ1v) is 7.72. The lowest BCUT2D eigenvalue weighted by Crippen LogP contribution is -2.63. The molecule has 1 aliphatic rings. The molecule has 22 heavy (non-hydrogen) atoms. The van der Waals surface area contributed by atoms with Crippen LogP contribution in [0.3, 0.4) is 0 Å². The minimum atomic E-state index is -0.802. The number of benzene rings is 1. The van der Waals surface area contributed by atoms with E-state index in [-0.39, 0.29) is 23.8 Å². The van der Waals surface area contributed by atoms with E-state index >= 15 is 0 Å². The average molecular weight is 322 g/mol. The average Bonchev–Trinajstić information content (AvgIpc) is 2.47. The summed E-state index contributed by atoms with van der Waals surface area (Å²) < 4.78 is 5.32. The number of hydrogen-bond acceptors (Lipinski definition) is 4. The zero-order valence-corrected chi connectivity index (χ0v) is 14.1. The number of hydrogen-bond donors (Lipinski definition) is 2. The maximum atomic E-state index is 12.7. The first kappa shape index (κ1) is 16.5. The zero-order chi connectivity index (χ0) is 16.5. The quantitative estimate of drug-likeness (QED) is 0.657. The van der Waals surface area contributed by atoms with Gasteiger partial charge in [0.05, 0.1) is 12.6 Å². The fraction of sp³-hybridized carbons (Fsp3) is 0.500. The van der Waals surface area contributed by atoms with E-state index in [2.05, 4.69) is 5.32 Å². The summed E-state index contributed by atoms with van der Waals surface area (Å²) >= 11 is 5.38. The van der Waals surface area contributed by atoms with Crippen LogP contribution in [-0.4, -0.2) is 40.8 Å². The highest BCUT2D eigenvalue weighted by molar-refractivity contribution is 7.80. The Morgan fingerprint density at radius 3 is 2.59 bits per heavy atom. The van der Waals surface area contributed by atoms with Crippen LogP contribution in [0.4, 0.5) is 0 Å². The minimum Gasteiger partial charge on any atom is -0.508 e. The molecule has 0 bridgehead atoms. The molecule has 1 aliphatic heterocycles. The fourth-order valence-electron chi connectivity index (χ4n) is 2.99. The molecule has 0 saturated carbocycles. The SMILES string of the molecule is CCOC(=O)C1(C)C(C)NC(=S)N(C)C1c1ccc(O)cc1. The zero-order valence-electron chi connectivity index (χ0n) is 13.3. The fourth-order valence-corrected chi connectivity index (χ4v) is 3.28. The van der Waals surface area contributed by atoms with Crippen LogP contribution < -0.4 is 5.32 Å². The number of aromatic hydroxyl groups is 1. The third-order valence-electron chi connectivity index (χ3n) is 4.44. The van der Waals surface area contributed by atoms with Gasteiger partial charge in [0.1, 0.15) is 11.2 Å². The molecule has 0 spiro atoms. The summed E-state index contributed by atoms with van der Waals surface area (Å²) in [5.74, 6) is -0.0729. The molecule has 3 unspecified atom stereocenters. The van der Waals surface area contributed by atoms with Crippen LogP contribution in [0.25, 0.3) is 0 Å². The van der Waals surface area contributed by atoms with E-state index in [1.807, 2.05) is 37.9 Å². The number of phenolic OH excluding ortho intramolecular Hbond substituents is 1. The largest absolute Gasteiger partial charge is 0.508 e. The molecule has 0 amide bonds. The van der Waals surface area contributed by atoms with Gasteiger partial charge in [0.25, 0.3) is 0 Å². The van der Waals surface area contributed by atoms with Crippen molar-refractivity contribution in [3.05, 3.63) is 29.8 Å². The van der Waals surface area contributed by atoms with Crippen molar-refractivity contribution in [1.29, 1.82) is 0 Å². The number of nitrogens with one attached hydrogen (secondary N) is 1. The van der Waals surface area contributed by atoms with E-state index in [0.717, 1.165) is 5.56 Å². The topological polar surface area (TPSA) is 61.8 Å². The lowest BCUT2D eigenvalue weighted by atomic mass is 9.71. The van der Waals surface area contributed by atoms with Crippen LogP contribution in [0.5, 0.6) is 5.75 Å². The summed E-state index contributed by atoms with van der Waals surface area (Å²) in [5, 5.41) is 13.3. The molecule has 2 rings (SSSR count). The standard InChI is InChI=1S/C16H22N2O3S/c1-5-21-14(20)16(3)10(2)17-15(22)18(4)13(16)11-6-8-12(19)9-7-11/h6-10,13,19H,5H2,1-4H3,(H,17,22). The third-order valence-corrected chi connectivity index (χ3v) is 4.85. The number of ether oxygens (including phenoxy) is 1. The number of esters is 1. The Labute approximate surface area is 136 Å². The molecule has 0 aliphatic carbocycles. The Morgan fingerprint density at radius 1 is 1.45 bits per heavy atom. The van der Waals surface area contributed by atoms with Crippen LogP contribution in [0.1, 0.15) is 32.4 Å². The molecular weight excluding hydrogens is 300 g/mol. The highest BCUT2D eigenvalue weighted by Crippen LogP contribution is 2.44. The molecule has 2 N–H and O–H groups in total. The van der Waals surface area contributed by atoms with Gasteiger partial charge in [0.2, 0.25) is 0 Å². The van der Waals surface area contributed by atoms with Gasteiger partial charge in [-0.1, -0.05) is 12.1 Å². The molecule has 6 heteroatoms. The molecule has 1 aromatic rings. The molecule has 1 saturated heterocycles. The molecule has 5 nitrogen and oxygen atoms in total. The second kappa shape index (κ2) is 6.12. The van der Waals surface area contributed by atoms with Crippen molar-refractivity contribution in [3.8, 4) is 5.75 Å². The van der Waals surface area contributed by atoms with Gasteiger partial charge in [-0.05, 0) is 50.7 Å². The van der Waals surface area contributed by atoms with Crippen molar-refractivity contribution in [3.63, 3.8) is 0 Å². The number of carbonyl (C=O) groups is 1. The lowest BCUT2D eigenvalue weighted by molar-refractivity contribution is -0.161. The van der Waals surface area contributed by atoms with Crippen molar-refractivity contribution < 1.29 is 14.6 Å². The number of nitrogens with zero attached hydrogens (tertiary/aromatic N) is 1. The van der Waals surface area contributed by atoms with E-state index in [0.29, 0.717) is 11.7 Å². The van der Waals surface area contributed by atoms with Gasteiger partial charge < -0.3 is 20.1 Å². The Balaban J connectivity index is 2.52. The second-order valence-electron chi connectivity index (χ2n) is 5.78. The number of thiocarbonyl (C=S) groups is 1. The van der Waals surface area contributed by atoms with Gasteiger partial charge in [-0.25, -0.2) is 0 Å². The predicted molar refractivity (Wildman–Crippen MR) is 88.5 cm³/mol. The Kier molecular flexibility index (Phi) is 4.60. The maximum Gasteiger partial charge on any atom is 0.316 e. The van der Waals surface area contributed by atoms with Gasteiger partial charge in [0, 0.05) is 13.1 Å². The minimum absolute atomic E-state index is 0.172. The lowest BCUT2D eigenvalue weighted by Gasteiger charge is -2.50. The van der Waals surface area contributed by atoms with Crippen molar-refractivity contribution in [2.24, 2.45) is 5.41 Å². The van der Waals surface area contributed by atoms with Gasteiger partial charge in [-0.15, -0.1) is 0 Å². The molecular formula is C16H22N2O3S. The van der Waals surface area contributed by atoms with Gasteiger partial charge >= 0.3 is 5.97 Å². The summed E-state index contributed by atoms with van der Waals surface area (Å²) in [6.07, 6.45) is 0. The van der Waals surface area contributed by atoms with Gasteiger partial charge in [-0.2, -0.15) is 0 Å². The number of rotatable bonds is 3.